The molecule has 0 aliphatic carbocycles. The number of carbonyl (C=O) groups is 1. The molecule has 0 heterocycles. The minimum Gasteiger partial charge on any atom is -0.493 e. The van der Waals surface area contributed by atoms with E-state index < -0.39 is 10.0 Å². The van der Waals surface area contributed by atoms with Gasteiger partial charge >= 0.3 is 0 Å². The zero-order valence-electron chi connectivity index (χ0n) is 14.1. The van der Waals surface area contributed by atoms with Gasteiger partial charge in [0.15, 0.2) is 11.5 Å². The van der Waals surface area contributed by atoms with Crippen molar-refractivity contribution in [2.75, 3.05) is 31.3 Å². The molecule has 130 valence electrons. The Bertz CT molecular complexity index is 645. The third-order valence-electron chi connectivity index (χ3n) is 3.36. The highest BCUT2D eigenvalue weighted by Gasteiger charge is 2.22. The SMILES string of the molecule is CC[C@@H](C)NC(=O)CN(c1ccc(OC)c(OC)c1)S(C)(=O)=O. The zero-order valence-corrected chi connectivity index (χ0v) is 14.9. The van der Waals surface area contributed by atoms with E-state index in [1.54, 1.807) is 12.1 Å². The lowest BCUT2D eigenvalue weighted by Gasteiger charge is -2.23. The quantitative estimate of drug-likeness (QED) is 0.770. The van der Waals surface area contributed by atoms with Crippen molar-refractivity contribution < 1.29 is 22.7 Å². The number of benzene rings is 1. The lowest BCUT2D eigenvalue weighted by Crippen LogP contribution is -2.43. The first-order valence-electron chi connectivity index (χ1n) is 7.22. The monoisotopic (exact) mass is 344 g/mol. The molecule has 0 saturated carbocycles. The summed E-state index contributed by atoms with van der Waals surface area (Å²) in [6.07, 6.45) is 1.82. The molecule has 0 saturated heterocycles. The van der Waals surface area contributed by atoms with E-state index in [4.69, 9.17) is 9.47 Å². The summed E-state index contributed by atoms with van der Waals surface area (Å²) in [6.45, 7) is 3.51. The molecule has 23 heavy (non-hydrogen) atoms. The average molecular weight is 344 g/mol. The molecule has 0 aromatic heterocycles. The summed E-state index contributed by atoms with van der Waals surface area (Å²) in [7, 11) is -0.672. The first kappa shape index (κ1) is 19.1. The van der Waals surface area contributed by atoms with E-state index in [9.17, 15) is 13.2 Å². The molecule has 0 bridgehead atoms. The number of ether oxygens (including phenoxy) is 2. The second kappa shape index (κ2) is 8.05. The van der Waals surface area contributed by atoms with Gasteiger partial charge in [-0.15, -0.1) is 0 Å². The number of amides is 1. The van der Waals surface area contributed by atoms with Gasteiger partial charge in [0.2, 0.25) is 15.9 Å². The van der Waals surface area contributed by atoms with Crippen LogP contribution >= 0.6 is 0 Å². The summed E-state index contributed by atoms with van der Waals surface area (Å²) in [4.78, 5) is 12.0. The molecule has 1 rings (SSSR count). The normalized spacial score (nSPS) is 12.4. The fourth-order valence-corrected chi connectivity index (χ4v) is 2.78. The van der Waals surface area contributed by atoms with Crippen LogP contribution in [-0.2, 0) is 14.8 Å². The molecule has 0 unspecified atom stereocenters. The number of rotatable bonds is 8. The second-order valence-electron chi connectivity index (χ2n) is 5.19. The number of methoxy groups -OCH3 is 2. The van der Waals surface area contributed by atoms with Gasteiger partial charge in [0.1, 0.15) is 6.54 Å². The van der Waals surface area contributed by atoms with Crippen LogP contribution < -0.4 is 19.1 Å². The summed E-state index contributed by atoms with van der Waals surface area (Å²) in [5.41, 5.74) is 0.337. The Morgan fingerprint density at radius 2 is 1.87 bits per heavy atom. The molecule has 0 radical (unpaired) electrons. The van der Waals surface area contributed by atoms with Crippen molar-refractivity contribution >= 4 is 21.6 Å². The van der Waals surface area contributed by atoms with E-state index in [2.05, 4.69) is 5.32 Å². The molecule has 0 aliphatic heterocycles. The zero-order chi connectivity index (χ0) is 17.6. The van der Waals surface area contributed by atoms with Gasteiger partial charge in [-0.1, -0.05) is 6.92 Å². The fourth-order valence-electron chi connectivity index (χ4n) is 1.93. The Kier molecular flexibility index (Phi) is 6.68. The molecule has 0 spiro atoms. The lowest BCUT2D eigenvalue weighted by molar-refractivity contribution is -0.120. The average Bonchev–Trinajstić information content (AvgIpc) is 2.50. The molecule has 1 aromatic rings. The van der Waals surface area contributed by atoms with Crippen LogP contribution in [0.25, 0.3) is 0 Å². The van der Waals surface area contributed by atoms with E-state index in [0.29, 0.717) is 17.2 Å². The predicted molar refractivity (Wildman–Crippen MR) is 89.6 cm³/mol. The third kappa shape index (κ3) is 5.31. The van der Waals surface area contributed by atoms with Gasteiger partial charge < -0.3 is 14.8 Å². The largest absolute Gasteiger partial charge is 0.493 e. The Morgan fingerprint density at radius 1 is 1.26 bits per heavy atom. The van der Waals surface area contributed by atoms with Crippen molar-refractivity contribution in [2.45, 2.75) is 26.3 Å². The van der Waals surface area contributed by atoms with E-state index in [-0.39, 0.29) is 18.5 Å². The molecule has 7 nitrogen and oxygen atoms in total. The summed E-state index contributed by atoms with van der Waals surface area (Å²) in [6, 6.07) is 4.67. The van der Waals surface area contributed by atoms with Crippen LogP contribution in [0.3, 0.4) is 0 Å². The molecule has 0 fully saturated rings. The van der Waals surface area contributed by atoms with Gasteiger partial charge in [-0.3, -0.25) is 9.10 Å². The van der Waals surface area contributed by atoms with Crippen molar-refractivity contribution in [3.05, 3.63) is 18.2 Å². The van der Waals surface area contributed by atoms with Crippen LogP contribution in [0, 0.1) is 0 Å². The molecular weight excluding hydrogens is 320 g/mol. The molecule has 8 heteroatoms. The Labute approximate surface area is 137 Å². The van der Waals surface area contributed by atoms with Gasteiger partial charge in [0.05, 0.1) is 26.2 Å². The maximum Gasteiger partial charge on any atom is 0.240 e. The first-order chi connectivity index (χ1) is 10.7. The van der Waals surface area contributed by atoms with Crippen LogP contribution in [-0.4, -0.2) is 47.4 Å². The van der Waals surface area contributed by atoms with Gasteiger partial charge in [0.25, 0.3) is 0 Å². The summed E-state index contributed by atoms with van der Waals surface area (Å²) in [5, 5.41) is 2.75. The summed E-state index contributed by atoms with van der Waals surface area (Å²) >= 11 is 0. The second-order valence-corrected chi connectivity index (χ2v) is 7.09. The Morgan fingerprint density at radius 3 is 2.35 bits per heavy atom. The third-order valence-corrected chi connectivity index (χ3v) is 4.50. The molecule has 1 aromatic carbocycles. The first-order valence-corrected chi connectivity index (χ1v) is 9.06. The Balaban J connectivity index is 3.11. The van der Waals surface area contributed by atoms with Gasteiger partial charge in [-0.2, -0.15) is 0 Å². The topological polar surface area (TPSA) is 84.9 Å². The lowest BCUT2D eigenvalue weighted by atomic mass is 10.2. The number of sulfonamides is 1. The summed E-state index contributed by atoms with van der Waals surface area (Å²) in [5.74, 6) is 0.509. The highest BCUT2D eigenvalue weighted by atomic mass is 32.2. The van der Waals surface area contributed by atoms with E-state index >= 15 is 0 Å². The van der Waals surface area contributed by atoms with Crippen molar-refractivity contribution in [1.29, 1.82) is 0 Å². The number of nitrogens with one attached hydrogen (secondary N) is 1. The van der Waals surface area contributed by atoms with Gasteiger partial charge in [-0.25, -0.2) is 8.42 Å². The minimum absolute atomic E-state index is 0.0192. The number of carbonyl (C=O) groups excluding carboxylic acids is 1. The van der Waals surface area contributed by atoms with Crippen molar-refractivity contribution in [3.63, 3.8) is 0 Å². The number of hydrogen-bond donors (Lipinski definition) is 1. The van der Waals surface area contributed by atoms with Crippen molar-refractivity contribution in [3.8, 4) is 11.5 Å². The van der Waals surface area contributed by atoms with Crippen molar-refractivity contribution in [2.24, 2.45) is 0 Å². The predicted octanol–water partition coefficient (Wildman–Crippen LogP) is 1.38. The van der Waals surface area contributed by atoms with Crippen LogP contribution in [0.1, 0.15) is 20.3 Å². The van der Waals surface area contributed by atoms with Crippen LogP contribution in [0.2, 0.25) is 0 Å². The highest BCUT2D eigenvalue weighted by molar-refractivity contribution is 7.92. The molecule has 1 N–H and O–H groups in total. The number of hydrogen-bond acceptors (Lipinski definition) is 5. The van der Waals surface area contributed by atoms with Crippen LogP contribution in [0.15, 0.2) is 18.2 Å². The van der Waals surface area contributed by atoms with Gasteiger partial charge in [0, 0.05) is 12.1 Å². The van der Waals surface area contributed by atoms with E-state index in [1.807, 2.05) is 13.8 Å². The van der Waals surface area contributed by atoms with Crippen LogP contribution in [0.5, 0.6) is 11.5 Å². The number of nitrogens with zero attached hydrogens (tertiary/aromatic N) is 1. The highest BCUT2D eigenvalue weighted by Crippen LogP contribution is 2.32. The van der Waals surface area contributed by atoms with Gasteiger partial charge in [-0.05, 0) is 25.5 Å². The molecule has 0 aliphatic rings. The Hall–Kier alpha value is -1.96. The molecule has 1 amide bonds. The smallest absolute Gasteiger partial charge is 0.240 e. The van der Waals surface area contributed by atoms with Crippen LogP contribution in [0.4, 0.5) is 5.69 Å². The van der Waals surface area contributed by atoms with Crippen molar-refractivity contribution in [1.82, 2.24) is 5.32 Å². The summed E-state index contributed by atoms with van der Waals surface area (Å²) < 4.78 is 35.4. The maximum absolute atomic E-state index is 12.1. The fraction of sp³-hybridized carbons (Fsp3) is 0.533. The molecular formula is C15H24N2O5S. The maximum atomic E-state index is 12.1. The standard InChI is InChI=1S/C15H24N2O5S/c1-6-11(2)16-15(18)10-17(23(5,19)20)12-7-8-13(21-3)14(9-12)22-4/h7-9,11H,6,10H2,1-5H3,(H,16,18)/t11-/m1/s1. The van der Waals surface area contributed by atoms with E-state index in [1.165, 1.54) is 20.3 Å². The van der Waals surface area contributed by atoms with E-state index in [0.717, 1.165) is 17.0 Å². The molecule has 1 atom stereocenters. The number of anilines is 1. The minimum atomic E-state index is -3.62.